The highest BCUT2D eigenvalue weighted by molar-refractivity contribution is 6.30. The van der Waals surface area contributed by atoms with Crippen molar-refractivity contribution >= 4 is 17.3 Å². The minimum atomic E-state index is -0.392. The highest BCUT2D eigenvalue weighted by Crippen LogP contribution is 2.48. The third-order valence-electron chi connectivity index (χ3n) is 5.18. The molecule has 0 bridgehead atoms. The van der Waals surface area contributed by atoms with E-state index in [1.807, 2.05) is 54.4 Å². The molecular weight excluding hydrogens is 374 g/mol. The molecule has 1 N–H and O–H groups in total. The lowest BCUT2D eigenvalue weighted by Gasteiger charge is -2.38. The molecule has 1 aromatic heterocycles. The maximum absolute atomic E-state index is 10.4. The topological polar surface area (TPSA) is 58.0 Å². The number of fused-ring (bicyclic) bond motifs is 3. The zero-order chi connectivity index (χ0) is 19.3. The predicted molar refractivity (Wildman–Crippen MR) is 108 cm³/mol. The van der Waals surface area contributed by atoms with Gasteiger partial charge in [-0.2, -0.15) is 5.10 Å². The standard InChI is InChI=1S/C22H18ClN3O2/c1-13-4-6-20(27)16(9-13)18-11-19-17-10-15(23)5-7-21(17)28-22(26(19)25-18)14-3-2-8-24-12-14/h2-10,12,19,22,27H,11H2,1H3/t19-,22-/m1/s1. The summed E-state index contributed by atoms with van der Waals surface area (Å²) >= 11 is 6.26. The SMILES string of the molecule is Cc1ccc(O)c(C2=NN3[C@H](C2)c2cc(Cl)ccc2O[C@@H]3c2cccnc2)c1. The quantitative estimate of drug-likeness (QED) is 0.668. The van der Waals surface area contributed by atoms with Gasteiger partial charge in [-0.25, -0.2) is 5.01 Å². The van der Waals surface area contributed by atoms with E-state index < -0.39 is 6.23 Å². The van der Waals surface area contributed by atoms with Gasteiger partial charge in [0.25, 0.3) is 0 Å². The number of aryl methyl sites for hydroxylation is 1. The molecule has 0 fully saturated rings. The summed E-state index contributed by atoms with van der Waals surface area (Å²) in [5, 5.41) is 17.9. The Kier molecular flexibility index (Phi) is 3.98. The Morgan fingerprint density at radius 2 is 2.07 bits per heavy atom. The number of pyridine rings is 1. The van der Waals surface area contributed by atoms with Gasteiger partial charge in [0, 0.05) is 40.5 Å². The molecule has 2 atom stereocenters. The smallest absolute Gasteiger partial charge is 0.215 e. The van der Waals surface area contributed by atoms with Crippen LogP contribution in [-0.2, 0) is 0 Å². The number of hydrogen-bond acceptors (Lipinski definition) is 5. The second-order valence-electron chi connectivity index (χ2n) is 7.11. The molecule has 0 saturated heterocycles. The predicted octanol–water partition coefficient (Wildman–Crippen LogP) is 4.99. The van der Waals surface area contributed by atoms with Gasteiger partial charge in [-0.15, -0.1) is 0 Å². The Labute approximate surface area is 167 Å². The van der Waals surface area contributed by atoms with E-state index in [1.54, 1.807) is 18.5 Å². The molecule has 3 aromatic rings. The Morgan fingerprint density at radius 1 is 1.18 bits per heavy atom. The molecule has 3 heterocycles. The number of nitrogens with zero attached hydrogens (tertiary/aromatic N) is 3. The van der Waals surface area contributed by atoms with Crippen LogP contribution in [0.1, 0.15) is 40.9 Å². The summed E-state index contributed by atoms with van der Waals surface area (Å²) in [5.74, 6) is 1.03. The van der Waals surface area contributed by atoms with Crippen LogP contribution in [0.2, 0.25) is 5.02 Å². The van der Waals surface area contributed by atoms with Crippen molar-refractivity contribution in [2.24, 2.45) is 5.10 Å². The molecule has 5 rings (SSSR count). The van der Waals surface area contributed by atoms with Crippen LogP contribution in [0.4, 0.5) is 0 Å². The summed E-state index contributed by atoms with van der Waals surface area (Å²) in [5.41, 5.74) is 4.58. The molecule has 0 spiro atoms. The van der Waals surface area contributed by atoms with Gasteiger partial charge in [0.1, 0.15) is 11.5 Å². The number of halogens is 1. The maximum atomic E-state index is 10.4. The minimum absolute atomic E-state index is 0.0254. The molecule has 2 aliphatic rings. The molecule has 6 heteroatoms. The van der Waals surface area contributed by atoms with Crippen LogP contribution >= 0.6 is 11.6 Å². The normalized spacial score (nSPS) is 20.2. The van der Waals surface area contributed by atoms with Crippen molar-refractivity contribution in [2.45, 2.75) is 25.6 Å². The summed E-state index contributed by atoms with van der Waals surface area (Å²) in [4.78, 5) is 4.23. The van der Waals surface area contributed by atoms with E-state index in [-0.39, 0.29) is 11.8 Å². The van der Waals surface area contributed by atoms with E-state index in [2.05, 4.69) is 4.98 Å². The first-order valence-corrected chi connectivity index (χ1v) is 9.50. The lowest BCUT2D eigenvalue weighted by Crippen LogP contribution is -2.33. The Bertz CT molecular complexity index is 1080. The van der Waals surface area contributed by atoms with Gasteiger partial charge in [-0.1, -0.05) is 29.3 Å². The Hall–Kier alpha value is -3.05. The lowest BCUT2D eigenvalue weighted by atomic mass is 9.95. The third-order valence-corrected chi connectivity index (χ3v) is 5.42. The summed E-state index contributed by atoms with van der Waals surface area (Å²) in [7, 11) is 0. The minimum Gasteiger partial charge on any atom is -0.507 e. The van der Waals surface area contributed by atoms with Crippen molar-refractivity contribution in [1.82, 2.24) is 9.99 Å². The van der Waals surface area contributed by atoms with E-state index in [4.69, 9.17) is 21.4 Å². The van der Waals surface area contributed by atoms with Crippen molar-refractivity contribution in [3.63, 3.8) is 0 Å². The largest absolute Gasteiger partial charge is 0.507 e. The van der Waals surface area contributed by atoms with Crippen molar-refractivity contribution in [3.8, 4) is 11.5 Å². The van der Waals surface area contributed by atoms with Crippen LogP contribution in [0.3, 0.4) is 0 Å². The lowest BCUT2D eigenvalue weighted by molar-refractivity contribution is -0.0192. The van der Waals surface area contributed by atoms with Gasteiger partial charge in [0.05, 0.1) is 11.8 Å². The fourth-order valence-electron chi connectivity index (χ4n) is 3.84. The number of phenols is 1. The van der Waals surface area contributed by atoms with Crippen molar-refractivity contribution in [3.05, 3.63) is 88.2 Å². The molecule has 0 aliphatic carbocycles. The fraction of sp³-hybridized carbons (Fsp3) is 0.182. The van der Waals surface area contributed by atoms with E-state index in [9.17, 15) is 5.11 Å². The second kappa shape index (κ2) is 6.53. The molecule has 0 saturated carbocycles. The number of hydrazone groups is 1. The first kappa shape index (κ1) is 17.1. The molecule has 0 radical (unpaired) electrons. The van der Waals surface area contributed by atoms with Crippen LogP contribution in [0.5, 0.6) is 11.5 Å². The monoisotopic (exact) mass is 391 g/mol. The van der Waals surface area contributed by atoms with Crippen LogP contribution in [0.15, 0.2) is 66.0 Å². The van der Waals surface area contributed by atoms with Crippen molar-refractivity contribution in [2.75, 3.05) is 0 Å². The number of phenolic OH excluding ortho intramolecular Hbond substituents is 1. The number of benzene rings is 2. The van der Waals surface area contributed by atoms with Gasteiger partial charge < -0.3 is 9.84 Å². The summed E-state index contributed by atoms with van der Waals surface area (Å²) in [6.45, 7) is 2.00. The van der Waals surface area contributed by atoms with E-state index in [1.165, 1.54) is 0 Å². The van der Waals surface area contributed by atoms with Crippen LogP contribution in [0, 0.1) is 6.92 Å². The highest BCUT2D eigenvalue weighted by Gasteiger charge is 2.41. The van der Waals surface area contributed by atoms with Crippen LogP contribution in [0.25, 0.3) is 0 Å². The molecular formula is C22H18ClN3O2. The maximum Gasteiger partial charge on any atom is 0.215 e. The van der Waals surface area contributed by atoms with E-state index in [0.717, 1.165) is 33.7 Å². The molecule has 5 nitrogen and oxygen atoms in total. The number of ether oxygens (including phenoxy) is 1. The van der Waals surface area contributed by atoms with Gasteiger partial charge in [-0.3, -0.25) is 4.98 Å². The van der Waals surface area contributed by atoms with Gasteiger partial charge in [0.15, 0.2) is 0 Å². The second-order valence-corrected chi connectivity index (χ2v) is 7.54. The molecule has 140 valence electrons. The Morgan fingerprint density at radius 3 is 2.89 bits per heavy atom. The van der Waals surface area contributed by atoms with Crippen LogP contribution in [-0.4, -0.2) is 20.8 Å². The first-order chi connectivity index (χ1) is 13.6. The fourth-order valence-corrected chi connectivity index (χ4v) is 4.02. The molecule has 2 aliphatic heterocycles. The Balaban J connectivity index is 1.63. The third kappa shape index (κ3) is 2.79. The number of aromatic hydroxyl groups is 1. The van der Waals surface area contributed by atoms with Crippen LogP contribution < -0.4 is 4.74 Å². The average molecular weight is 392 g/mol. The van der Waals surface area contributed by atoms with Gasteiger partial charge in [-0.05, 0) is 43.3 Å². The average Bonchev–Trinajstić information content (AvgIpc) is 3.15. The van der Waals surface area contributed by atoms with Gasteiger partial charge in [0.2, 0.25) is 6.23 Å². The number of hydrogen-bond donors (Lipinski definition) is 1. The number of aromatic nitrogens is 1. The van der Waals surface area contributed by atoms with Crippen molar-refractivity contribution < 1.29 is 9.84 Å². The summed E-state index contributed by atoms with van der Waals surface area (Å²) in [6.07, 6.45) is 3.79. The molecule has 0 unspecified atom stereocenters. The molecule has 2 aromatic carbocycles. The zero-order valence-corrected chi connectivity index (χ0v) is 16.0. The van der Waals surface area contributed by atoms with E-state index >= 15 is 0 Å². The highest BCUT2D eigenvalue weighted by atomic mass is 35.5. The van der Waals surface area contributed by atoms with E-state index in [0.29, 0.717) is 11.4 Å². The summed E-state index contributed by atoms with van der Waals surface area (Å²) < 4.78 is 6.28. The van der Waals surface area contributed by atoms with Gasteiger partial charge >= 0.3 is 0 Å². The number of rotatable bonds is 2. The molecule has 28 heavy (non-hydrogen) atoms. The summed E-state index contributed by atoms with van der Waals surface area (Å²) in [6, 6.07) is 15.1. The first-order valence-electron chi connectivity index (χ1n) is 9.12. The van der Waals surface area contributed by atoms with Crippen molar-refractivity contribution in [1.29, 1.82) is 0 Å². The zero-order valence-electron chi connectivity index (χ0n) is 15.2. The molecule has 0 amide bonds.